The molecule has 1 rings (SSSR count). The van der Waals surface area contributed by atoms with Gasteiger partial charge in [-0.25, -0.2) is 0 Å². The second-order valence-corrected chi connectivity index (χ2v) is 5.65. The van der Waals surface area contributed by atoms with Crippen LogP contribution in [0.2, 0.25) is 0 Å². The lowest BCUT2D eigenvalue weighted by Crippen LogP contribution is -2.36. The molecule has 0 atom stereocenters. The number of rotatable bonds is 7. The molecular weight excluding hydrogens is 246 g/mol. The first-order valence-corrected chi connectivity index (χ1v) is 7.09. The van der Waals surface area contributed by atoms with Crippen LogP contribution >= 0.6 is 0 Å². The predicted octanol–water partition coefficient (Wildman–Crippen LogP) is 1.67. The van der Waals surface area contributed by atoms with E-state index in [1.807, 2.05) is 0 Å². The van der Waals surface area contributed by atoms with E-state index in [9.17, 15) is 9.59 Å². The van der Waals surface area contributed by atoms with Crippen molar-refractivity contribution in [1.29, 1.82) is 0 Å². The second kappa shape index (κ2) is 8.15. The highest BCUT2D eigenvalue weighted by Crippen LogP contribution is 2.28. The van der Waals surface area contributed by atoms with E-state index in [-0.39, 0.29) is 17.7 Å². The zero-order valence-electron chi connectivity index (χ0n) is 11.9. The van der Waals surface area contributed by atoms with Crippen LogP contribution in [0.4, 0.5) is 0 Å². The summed E-state index contributed by atoms with van der Waals surface area (Å²) in [6.45, 7) is 5.94. The van der Waals surface area contributed by atoms with Crippen LogP contribution in [0.5, 0.6) is 0 Å². The maximum atomic E-state index is 11.9. The number of aliphatic carboxylic acids is 1. The number of ether oxygens (including phenoxy) is 1. The van der Waals surface area contributed by atoms with Gasteiger partial charge in [0.05, 0.1) is 12.5 Å². The molecule has 0 saturated heterocycles. The third-order valence-electron chi connectivity index (χ3n) is 3.44. The van der Waals surface area contributed by atoms with Crippen molar-refractivity contribution in [3.8, 4) is 0 Å². The Morgan fingerprint density at radius 1 is 1.21 bits per heavy atom. The molecule has 0 aromatic heterocycles. The number of carboxylic acid groups (broad SMARTS) is 1. The average molecular weight is 271 g/mol. The lowest BCUT2D eigenvalue weighted by Gasteiger charge is -2.25. The highest BCUT2D eigenvalue weighted by molar-refractivity contribution is 5.79. The molecule has 1 aliphatic carbocycles. The minimum atomic E-state index is -0.735. The predicted molar refractivity (Wildman–Crippen MR) is 71.8 cm³/mol. The Hall–Kier alpha value is -1.10. The summed E-state index contributed by atoms with van der Waals surface area (Å²) in [5, 5.41) is 11.8. The molecule has 1 fully saturated rings. The molecule has 0 unspecified atom stereocenters. The smallest absolute Gasteiger partial charge is 0.306 e. The van der Waals surface area contributed by atoms with Gasteiger partial charge in [0.15, 0.2) is 0 Å². The summed E-state index contributed by atoms with van der Waals surface area (Å²) in [7, 11) is 0. The molecule has 1 aliphatic rings. The topological polar surface area (TPSA) is 75.6 Å². The van der Waals surface area contributed by atoms with Gasteiger partial charge in [-0.05, 0) is 31.6 Å². The van der Waals surface area contributed by atoms with Gasteiger partial charge in [0.1, 0.15) is 0 Å². The Morgan fingerprint density at radius 3 is 2.32 bits per heavy atom. The van der Waals surface area contributed by atoms with Crippen molar-refractivity contribution in [2.75, 3.05) is 19.8 Å². The molecule has 19 heavy (non-hydrogen) atoms. The summed E-state index contributed by atoms with van der Waals surface area (Å²) in [6.07, 6.45) is 2.57. The first-order valence-electron chi connectivity index (χ1n) is 7.09. The Labute approximate surface area is 114 Å². The molecule has 1 amide bonds. The first kappa shape index (κ1) is 16.0. The number of nitrogens with one attached hydrogen (secondary N) is 1. The first-order chi connectivity index (χ1) is 9.00. The van der Waals surface area contributed by atoms with Crippen molar-refractivity contribution >= 4 is 11.9 Å². The molecule has 0 heterocycles. The molecule has 0 aromatic carbocycles. The molecule has 5 heteroatoms. The van der Waals surface area contributed by atoms with Gasteiger partial charge in [0.25, 0.3) is 0 Å². The maximum Gasteiger partial charge on any atom is 0.306 e. The fraction of sp³-hybridized carbons (Fsp3) is 0.857. The summed E-state index contributed by atoms with van der Waals surface area (Å²) < 4.78 is 5.39. The number of carboxylic acids is 1. The number of amides is 1. The summed E-state index contributed by atoms with van der Waals surface area (Å²) in [5.74, 6) is -0.487. The standard InChI is InChI=1S/C14H25NO4/c1-10(2)9-19-8-7-15-13(16)11-3-5-12(6-4-11)14(17)18/h10-12H,3-9H2,1-2H3,(H,15,16)(H,17,18). The van der Waals surface area contributed by atoms with E-state index in [1.54, 1.807) is 0 Å². The monoisotopic (exact) mass is 271 g/mol. The molecule has 2 N–H and O–H groups in total. The van der Waals surface area contributed by atoms with Crippen LogP contribution in [0.15, 0.2) is 0 Å². The highest BCUT2D eigenvalue weighted by Gasteiger charge is 2.29. The van der Waals surface area contributed by atoms with Crippen molar-refractivity contribution in [3.63, 3.8) is 0 Å². The van der Waals surface area contributed by atoms with Gasteiger partial charge in [-0.15, -0.1) is 0 Å². The van der Waals surface area contributed by atoms with Crippen LogP contribution in [-0.2, 0) is 14.3 Å². The largest absolute Gasteiger partial charge is 0.481 e. The van der Waals surface area contributed by atoms with Gasteiger partial charge in [-0.3, -0.25) is 9.59 Å². The van der Waals surface area contributed by atoms with Crippen LogP contribution in [0.25, 0.3) is 0 Å². The zero-order chi connectivity index (χ0) is 14.3. The van der Waals surface area contributed by atoms with E-state index in [0.717, 1.165) is 0 Å². The quantitative estimate of drug-likeness (QED) is 0.691. The highest BCUT2D eigenvalue weighted by atomic mass is 16.5. The fourth-order valence-corrected chi connectivity index (χ4v) is 2.31. The lowest BCUT2D eigenvalue weighted by molar-refractivity contribution is -0.144. The van der Waals surface area contributed by atoms with Crippen LogP contribution in [0.1, 0.15) is 39.5 Å². The number of carbonyl (C=O) groups excluding carboxylic acids is 1. The van der Waals surface area contributed by atoms with E-state index in [4.69, 9.17) is 9.84 Å². The normalized spacial score (nSPS) is 23.3. The average Bonchev–Trinajstić information content (AvgIpc) is 2.37. The molecular formula is C14H25NO4. The zero-order valence-corrected chi connectivity index (χ0v) is 11.9. The minimum Gasteiger partial charge on any atom is -0.481 e. The van der Waals surface area contributed by atoms with Crippen molar-refractivity contribution in [1.82, 2.24) is 5.32 Å². The second-order valence-electron chi connectivity index (χ2n) is 5.65. The van der Waals surface area contributed by atoms with E-state index < -0.39 is 5.97 Å². The Bertz CT molecular complexity index is 296. The maximum absolute atomic E-state index is 11.9. The minimum absolute atomic E-state index is 0.0271. The van der Waals surface area contributed by atoms with Crippen LogP contribution < -0.4 is 5.32 Å². The molecule has 0 aliphatic heterocycles. The summed E-state index contributed by atoms with van der Waals surface area (Å²) >= 11 is 0. The molecule has 0 radical (unpaired) electrons. The van der Waals surface area contributed by atoms with Gasteiger partial charge in [-0.2, -0.15) is 0 Å². The number of hydrogen-bond acceptors (Lipinski definition) is 3. The van der Waals surface area contributed by atoms with Gasteiger partial charge >= 0.3 is 5.97 Å². The summed E-state index contributed by atoms with van der Waals surface area (Å²) in [5.41, 5.74) is 0. The van der Waals surface area contributed by atoms with Gasteiger partial charge in [0.2, 0.25) is 5.91 Å². The van der Waals surface area contributed by atoms with Crippen molar-refractivity contribution in [3.05, 3.63) is 0 Å². The van der Waals surface area contributed by atoms with Gasteiger partial charge < -0.3 is 15.2 Å². The lowest BCUT2D eigenvalue weighted by atomic mass is 9.81. The van der Waals surface area contributed by atoms with Crippen LogP contribution in [0.3, 0.4) is 0 Å². The molecule has 1 saturated carbocycles. The van der Waals surface area contributed by atoms with Crippen LogP contribution in [0, 0.1) is 17.8 Å². The molecule has 5 nitrogen and oxygen atoms in total. The molecule has 110 valence electrons. The van der Waals surface area contributed by atoms with Crippen molar-refractivity contribution in [2.24, 2.45) is 17.8 Å². The molecule has 0 bridgehead atoms. The van der Waals surface area contributed by atoms with Crippen molar-refractivity contribution in [2.45, 2.75) is 39.5 Å². The summed E-state index contributed by atoms with van der Waals surface area (Å²) in [4.78, 5) is 22.7. The van der Waals surface area contributed by atoms with Crippen molar-refractivity contribution < 1.29 is 19.4 Å². The Morgan fingerprint density at radius 2 is 1.79 bits per heavy atom. The SMILES string of the molecule is CC(C)COCCNC(=O)C1CCC(C(=O)O)CC1. The number of hydrogen-bond donors (Lipinski definition) is 2. The Kier molecular flexibility index (Phi) is 6.84. The molecule has 0 aromatic rings. The Balaban J connectivity index is 2.12. The van der Waals surface area contributed by atoms with E-state index in [0.29, 0.717) is 51.4 Å². The van der Waals surface area contributed by atoms with Gasteiger partial charge in [0, 0.05) is 19.1 Å². The summed E-state index contributed by atoms with van der Waals surface area (Å²) in [6, 6.07) is 0. The van der Waals surface area contributed by atoms with Gasteiger partial charge in [-0.1, -0.05) is 13.8 Å². The fourth-order valence-electron chi connectivity index (χ4n) is 2.31. The van der Waals surface area contributed by atoms with E-state index >= 15 is 0 Å². The number of carbonyl (C=O) groups is 2. The van der Waals surface area contributed by atoms with Crippen LogP contribution in [-0.4, -0.2) is 36.7 Å². The van der Waals surface area contributed by atoms with E-state index in [1.165, 1.54) is 0 Å². The third-order valence-corrected chi connectivity index (χ3v) is 3.44. The van der Waals surface area contributed by atoms with E-state index in [2.05, 4.69) is 19.2 Å². The molecule has 0 spiro atoms. The third kappa shape index (κ3) is 6.05.